The van der Waals surface area contributed by atoms with Crippen LogP contribution in [0.15, 0.2) is 36.4 Å². The number of halogens is 1. The summed E-state index contributed by atoms with van der Waals surface area (Å²) in [6, 6.07) is 10.7. The molecule has 0 aromatic heterocycles. The molecule has 1 saturated heterocycles. The summed E-state index contributed by atoms with van der Waals surface area (Å²) in [7, 11) is 6.65. The Balaban J connectivity index is 2.00. The molecule has 2 atom stereocenters. The smallest absolute Gasteiger partial charge is 0.254 e. The highest BCUT2D eigenvalue weighted by Gasteiger charge is 2.58. The SMILES string of the molecule is COc1cccc(OC)c1C1(N2CCC[C@H]2CC(=O)N(C)C)C(=O)Nc2ccc(Cl)cc21. The van der Waals surface area contributed by atoms with Gasteiger partial charge in [-0.05, 0) is 43.2 Å². The van der Waals surface area contributed by atoms with Gasteiger partial charge in [-0.2, -0.15) is 0 Å². The van der Waals surface area contributed by atoms with Crippen LogP contribution in [0.25, 0.3) is 0 Å². The third-order valence-corrected chi connectivity index (χ3v) is 6.69. The van der Waals surface area contributed by atoms with Gasteiger partial charge in [-0.15, -0.1) is 0 Å². The largest absolute Gasteiger partial charge is 0.496 e. The number of ether oxygens (including phenoxy) is 2. The number of hydrogen-bond acceptors (Lipinski definition) is 5. The normalized spacial score (nSPS) is 22.4. The third kappa shape index (κ3) is 3.40. The quantitative estimate of drug-likeness (QED) is 0.719. The number of amides is 2. The minimum atomic E-state index is -1.24. The van der Waals surface area contributed by atoms with E-state index in [-0.39, 0.29) is 17.9 Å². The molecule has 170 valence electrons. The number of carbonyl (C=O) groups is 2. The van der Waals surface area contributed by atoms with Crippen molar-refractivity contribution in [1.29, 1.82) is 0 Å². The molecule has 1 fully saturated rings. The zero-order valence-corrected chi connectivity index (χ0v) is 19.5. The van der Waals surface area contributed by atoms with Gasteiger partial charge in [-0.1, -0.05) is 17.7 Å². The number of likely N-dealkylation sites (tertiary alicyclic amines) is 1. The number of nitrogens with zero attached hydrogens (tertiary/aromatic N) is 2. The van der Waals surface area contributed by atoms with Crippen LogP contribution < -0.4 is 14.8 Å². The van der Waals surface area contributed by atoms with Gasteiger partial charge in [0.05, 0.1) is 19.8 Å². The number of anilines is 1. The van der Waals surface area contributed by atoms with Crippen molar-refractivity contribution in [2.75, 3.05) is 40.2 Å². The molecule has 2 aromatic carbocycles. The summed E-state index contributed by atoms with van der Waals surface area (Å²) in [5.41, 5.74) is 0.804. The summed E-state index contributed by atoms with van der Waals surface area (Å²) >= 11 is 6.42. The lowest BCUT2D eigenvalue weighted by Crippen LogP contribution is -2.54. The first-order valence-corrected chi connectivity index (χ1v) is 11.0. The summed E-state index contributed by atoms with van der Waals surface area (Å²) < 4.78 is 11.5. The summed E-state index contributed by atoms with van der Waals surface area (Å²) in [6.45, 7) is 0.645. The van der Waals surface area contributed by atoms with Crippen molar-refractivity contribution in [1.82, 2.24) is 9.80 Å². The van der Waals surface area contributed by atoms with Crippen molar-refractivity contribution in [3.8, 4) is 11.5 Å². The van der Waals surface area contributed by atoms with E-state index in [1.807, 2.05) is 30.3 Å². The van der Waals surface area contributed by atoms with Gasteiger partial charge >= 0.3 is 0 Å². The van der Waals surface area contributed by atoms with Crippen LogP contribution in [0.1, 0.15) is 30.4 Å². The monoisotopic (exact) mass is 457 g/mol. The predicted octanol–water partition coefficient (Wildman–Crippen LogP) is 3.50. The minimum absolute atomic E-state index is 0.0220. The Morgan fingerprint density at radius 3 is 2.53 bits per heavy atom. The van der Waals surface area contributed by atoms with Gasteiger partial charge in [0.2, 0.25) is 5.91 Å². The molecule has 1 N–H and O–H groups in total. The van der Waals surface area contributed by atoms with Crippen LogP contribution in [0.2, 0.25) is 5.02 Å². The Morgan fingerprint density at radius 1 is 1.22 bits per heavy atom. The Kier molecular flexibility index (Phi) is 6.05. The third-order valence-electron chi connectivity index (χ3n) is 6.45. The van der Waals surface area contributed by atoms with E-state index < -0.39 is 5.54 Å². The highest BCUT2D eigenvalue weighted by Crippen LogP contribution is 2.54. The summed E-state index contributed by atoms with van der Waals surface area (Å²) in [5, 5.41) is 3.57. The lowest BCUT2D eigenvalue weighted by molar-refractivity contribution is -0.132. The molecule has 0 bridgehead atoms. The number of benzene rings is 2. The second-order valence-electron chi connectivity index (χ2n) is 8.37. The highest BCUT2D eigenvalue weighted by molar-refractivity contribution is 6.31. The fraction of sp³-hybridized carbons (Fsp3) is 0.417. The molecule has 2 heterocycles. The molecule has 2 aromatic rings. The van der Waals surface area contributed by atoms with Crippen LogP contribution in [-0.4, -0.2) is 62.5 Å². The van der Waals surface area contributed by atoms with Gasteiger partial charge in [0.15, 0.2) is 5.54 Å². The van der Waals surface area contributed by atoms with E-state index in [9.17, 15) is 9.59 Å². The van der Waals surface area contributed by atoms with Crippen LogP contribution in [0.5, 0.6) is 11.5 Å². The van der Waals surface area contributed by atoms with Crippen LogP contribution in [0.3, 0.4) is 0 Å². The average molecular weight is 458 g/mol. The number of nitrogens with one attached hydrogen (secondary N) is 1. The fourth-order valence-electron chi connectivity index (χ4n) is 5.02. The molecule has 1 unspecified atom stereocenters. The minimum Gasteiger partial charge on any atom is -0.496 e. The topological polar surface area (TPSA) is 71.1 Å². The second-order valence-corrected chi connectivity index (χ2v) is 8.81. The average Bonchev–Trinajstić information content (AvgIpc) is 3.34. The lowest BCUT2D eigenvalue weighted by atomic mass is 9.80. The van der Waals surface area contributed by atoms with Gasteiger partial charge in [-0.3, -0.25) is 14.5 Å². The van der Waals surface area contributed by atoms with Crippen LogP contribution in [0, 0.1) is 0 Å². The van der Waals surface area contributed by atoms with E-state index in [1.165, 1.54) is 0 Å². The number of methoxy groups -OCH3 is 2. The second kappa shape index (κ2) is 8.64. The van der Waals surface area contributed by atoms with Crippen molar-refractivity contribution < 1.29 is 19.1 Å². The number of hydrogen-bond donors (Lipinski definition) is 1. The summed E-state index contributed by atoms with van der Waals surface area (Å²) in [4.78, 5) is 30.3. The fourth-order valence-corrected chi connectivity index (χ4v) is 5.19. The van der Waals surface area contributed by atoms with E-state index in [4.69, 9.17) is 21.1 Å². The molecule has 2 aliphatic heterocycles. The van der Waals surface area contributed by atoms with E-state index >= 15 is 0 Å². The number of carbonyl (C=O) groups excluding carboxylic acids is 2. The molecule has 2 amide bonds. The molecule has 7 nitrogen and oxygen atoms in total. The first-order valence-electron chi connectivity index (χ1n) is 10.6. The maximum atomic E-state index is 14.0. The van der Waals surface area contributed by atoms with Crippen molar-refractivity contribution in [3.63, 3.8) is 0 Å². The van der Waals surface area contributed by atoms with Gasteiger partial charge in [0.1, 0.15) is 11.5 Å². The molecule has 0 radical (unpaired) electrons. The van der Waals surface area contributed by atoms with Crippen LogP contribution >= 0.6 is 11.6 Å². The van der Waals surface area contributed by atoms with Crippen molar-refractivity contribution in [2.45, 2.75) is 30.8 Å². The van der Waals surface area contributed by atoms with Crippen molar-refractivity contribution in [2.24, 2.45) is 0 Å². The lowest BCUT2D eigenvalue weighted by Gasteiger charge is -2.42. The Labute approximate surface area is 193 Å². The first-order chi connectivity index (χ1) is 15.3. The maximum Gasteiger partial charge on any atom is 0.254 e. The zero-order chi connectivity index (χ0) is 23.0. The Hall–Kier alpha value is -2.77. The molecular weight excluding hydrogens is 430 g/mol. The van der Waals surface area contributed by atoms with Crippen LogP contribution in [-0.2, 0) is 15.1 Å². The van der Waals surface area contributed by atoms with Crippen molar-refractivity contribution in [3.05, 3.63) is 52.5 Å². The molecule has 4 rings (SSSR count). The molecule has 0 saturated carbocycles. The molecule has 32 heavy (non-hydrogen) atoms. The zero-order valence-electron chi connectivity index (χ0n) is 18.8. The maximum absolute atomic E-state index is 14.0. The van der Waals surface area contributed by atoms with Crippen LogP contribution in [0.4, 0.5) is 5.69 Å². The molecular formula is C24H28ClN3O4. The van der Waals surface area contributed by atoms with Gasteiger partial charge in [-0.25, -0.2) is 0 Å². The number of fused-ring (bicyclic) bond motifs is 1. The van der Waals surface area contributed by atoms with E-state index in [0.717, 1.165) is 18.4 Å². The Bertz CT molecular complexity index is 1040. The number of rotatable bonds is 6. The summed E-state index contributed by atoms with van der Waals surface area (Å²) in [5.74, 6) is 0.893. The summed E-state index contributed by atoms with van der Waals surface area (Å²) in [6.07, 6.45) is 1.99. The molecule has 8 heteroatoms. The Morgan fingerprint density at radius 2 is 1.91 bits per heavy atom. The van der Waals surface area contributed by atoms with Gasteiger partial charge in [0.25, 0.3) is 5.91 Å². The standard InChI is InChI=1S/C24H28ClN3O4/c1-27(2)21(29)14-16-7-6-12-28(16)24(22-19(31-3)8-5-9-20(22)32-4)17-13-15(25)10-11-18(17)26-23(24)30/h5,8-11,13,16H,6-7,12,14H2,1-4H3,(H,26,30)/t16-,24?/m0/s1. The molecule has 0 aliphatic carbocycles. The predicted molar refractivity (Wildman–Crippen MR) is 123 cm³/mol. The van der Waals surface area contributed by atoms with Gasteiger partial charge < -0.3 is 19.7 Å². The highest BCUT2D eigenvalue weighted by atomic mass is 35.5. The van der Waals surface area contributed by atoms with E-state index in [2.05, 4.69) is 10.2 Å². The first kappa shape index (κ1) is 22.4. The van der Waals surface area contributed by atoms with E-state index in [0.29, 0.717) is 40.7 Å². The van der Waals surface area contributed by atoms with E-state index in [1.54, 1.807) is 39.3 Å². The molecule has 0 spiro atoms. The van der Waals surface area contributed by atoms with Gasteiger partial charge in [0, 0.05) is 49.4 Å². The molecule has 2 aliphatic rings. The van der Waals surface area contributed by atoms with Crippen molar-refractivity contribution >= 4 is 29.1 Å².